The van der Waals surface area contributed by atoms with Gasteiger partial charge in [-0.2, -0.15) is 0 Å². The van der Waals surface area contributed by atoms with Crippen molar-refractivity contribution in [2.75, 3.05) is 39.3 Å². The first-order valence-electron chi connectivity index (χ1n) is 26.9. The fraction of sp³-hybridized carbons (Fsp3) is 0.902. The smallest absolute Gasteiger partial charge is 0.242 e. The molecular weight excluding hydrogens is 819 g/mol. The average molecular weight is 922 g/mol. The molecule has 14 nitrogen and oxygen atoms in total. The molecular formula is C51H103N9O5. The lowest BCUT2D eigenvalue weighted by molar-refractivity contribution is -0.138. The number of unbranched alkanes of at least 4 members (excludes halogenated alkanes) is 25. The number of amides is 5. The van der Waals surface area contributed by atoms with Crippen LogP contribution in [0.15, 0.2) is 0 Å². The lowest BCUT2D eigenvalue weighted by Gasteiger charge is -2.23. The van der Waals surface area contributed by atoms with E-state index in [0.717, 1.165) is 64.2 Å². The maximum Gasteiger partial charge on any atom is 0.242 e. The third-order valence-corrected chi connectivity index (χ3v) is 12.5. The van der Waals surface area contributed by atoms with E-state index >= 15 is 0 Å². The Labute approximate surface area is 397 Å². The van der Waals surface area contributed by atoms with Crippen LogP contribution in [0.25, 0.3) is 0 Å². The van der Waals surface area contributed by atoms with E-state index < -0.39 is 35.9 Å². The summed E-state index contributed by atoms with van der Waals surface area (Å²) in [7, 11) is 0. The summed E-state index contributed by atoms with van der Waals surface area (Å²) >= 11 is 0. The Balaban J connectivity index is 5.43. The highest BCUT2D eigenvalue weighted by molar-refractivity contribution is 6.01. The van der Waals surface area contributed by atoms with Gasteiger partial charge in [-0.1, -0.05) is 174 Å². The molecule has 0 heterocycles. The number of carbonyl (C=O) groups is 5. The van der Waals surface area contributed by atoms with Crippen molar-refractivity contribution in [2.45, 2.75) is 250 Å². The molecule has 0 aliphatic rings. The third-order valence-electron chi connectivity index (χ3n) is 12.5. The van der Waals surface area contributed by atoms with Crippen molar-refractivity contribution in [2.24, 2.45) is 28.9 Å². The largest absolute Gasteiger partial charge is 0.355 e. The van der Waals surface area contributed by atoms with E-state index in [1.807, 2.05) is 0 Å². The molecule has 382 valence electrons. The van der Waals surface area contributed by atoms with Gasteiger partial charge >= 0.3 is 0 Å². The fourth-order valence-corrected chi connectivity index (χ4v) is 8.13. The summed E-state index contributed by atoms with van der Waals surface area (Å²) in [6, 6.07) is -2.07. The van der Waals surface area contributed by atoms with E-state index in [-0.39, 0.29) is 30.8 Å². The Kier molecular flexibility index (Phi) is 44.3. The number of nitrogens with two attached hydrogens (primary N) is 4. The maximum absolute atomic E-state index is 14.0. The van der Waals surface area contributed by atoms with Crippen LogP contribution in [0, 0.1) is 5.92 Å². The third kappa shape index (κ3) is 37.9. The Morgan fingerprint density at radius 1 is 0.338 bits per heavy atom. The summed E-state index contributed by atoms with van der Waals surface area (Å²) in [5, 5.41) is 14.5. The standard InChI is InChI=1S/C51H103N9O5/c1-3-5-7-9-11-13-15-17-19-21-23-25-33-43(47(61)58-41-42-59-50(64)45(55)35-27-30-38-53)48(62)60-46(36-28-32-40-56-49(63)44(54)34-26-29-37-52)51(65)57-39-31-24-22-20-18-16-14-12-10-8-6-4-2/h43-46H,3-42,52-55H2,1-2H3,(H,56,63)(H,57,65)(H,58,61)(H,59,64)(H,60,62)/t43?,44-,45-,46-/m0/s1. The molecule has 0 aromatic heterocycles. The zero-order valence-electron chi connectivity index (χ0n) is 41.9. The quantitative estimate of drug-likeness (QED) is 0.0217. The zero-order chi connectivity index (χ0) is 48.0. The second-order valence-corrected chi connectivity index (χ2v) is 18.6. The SMILES string of the molecule is CCCCCCCCCCCCCCNC(=O)[C@H](CCCCNC(=O)[C@@H](N)CCCCN)NC(=O)C(CCCCCCCCCCCCCC)C(=O)NCCNC(=O)[C@@H](N)CCCCN. The van der Waals surface area contributed by atoms with Gasteiger partial charge in [0, 0.05) is 26.2 Å². The van der Waals surface area contributed by atoms with Crippen LogP contribution < -0.4 is 49.5 Å². The minimum atomic E-state index is -0.987. The molecule has 0 rings (SSSR count). The molecule has 13 N–H and O–H groups in total. The summed E-state index contributed by atoms with van der Waals surface area (Å²) in [5.74, 6) is -2.64. The van der Waals surface area contributed by atoms with Gasteiger partial charge in [-0.25, -0.2) is 0 Å². The number of carbonyl (C=O) groups excluding carboxylic acids is 5. The van der Waals surface area contributed by atoms with Gasteiger partial charge in [0.2, 0.25) is 29.5 Å². The van der Waals surface area contributed by atoms with Crippen molar-refractivity contribution < 1.29 is 24.0 Å². The predicted molar refractivity (Wildman–Crippen MR) is 270 cm³/mol. The first-order chi connectivity index (χ1) is 31.6. The van der Waals surface area contributed by atoms with E-state index in [4.69, 9.17) is 22.9 Å². The van der Waals surface area contributed by atoms with Crippen LogP contribution in [-0.4, -0.2) is 86.9 Å². The van der Waals surface area contributed by atoms with E-state index in [1.54, 1.807) is 0 Å². The van der Waals surface area contributed by atoms with Crippen LogP contribution >= 0.6 is 0 Å². The molecule has 0 fully saturated rings. The maximum atomic E-state index is 14.0. The molecule has 0 spiro atoms. The Morgan fingerprint density at radius 3 is 1.09 bits per heavy atom. The number of hydrogen-bond donors (Lipinski definition) is 9. The molecule has 0 bridgehead atoms. The summed E-state index contributed by atoms with van der Waals surface area (Å²) < 4.78 is 0. The molecule has 0 saturated carbocycles. The molecule has 0 radical (unpaired) electrons. The molecule has 14 heteroatoms. The molecule has 5 amide bonds. The molecule has 0 aromatic carbocycles. The second kappa shape index (κ2) is 46.3. The van der Waals surface area contributed by atoms with Gasteiger partial charge in [0.25, 0.3) is 0 Å². The van der Waals surface area contributed by atoms with Crippen molar-refractivity contribution in [1.29, 1.82) is 0 Å². The molecule has 4 atom stereocenters. The zero-order valence-corrected chi connectivity index (χ0v) is 41.9. The van der Waals surface area contributed by atoms with Gasteiger partial charge in [0.15, 0.2) is 0 Å². The van der Waals surface area contributed by atoms with Crippen molar-refractivity contribution in [3.05, 3.63) is 0 Å². The highest BCUT2D eigenvalue weighted by Gasteiger charge is 2.30. The van der Waals surface area contributed by atoms with Crippen LogP contribution in [0.2, 0.25) is 0 Å². The first-order valence-corrected chi connectivity index (χ1v) is 26.9. The van der Waals surface area contributed by atoms with Crippen molar-refractivity contribution in [3.63, 3.8) is 0 Å². The Morgan fingerprint density at radius 2 is 0.662 bits per heavy atom. The lowest BCUT2D eigenvalue weighted by Crippen LogP contribution is -2.51. The molecule has 65 heavy (non-hydrogen) atoms. The van der Waals surface area contributed by atoms with Crippen molar-refractivity contribution in [1.82, 2.24) is 26.6 Å². The van der Waals surface area contributed by atoms with Crippen LogP contribution in [0.1, 0.15) is 232 Å². The van der Waals surface area contributed by atoms with Crippen LogP contribution in [-0.2, 0) is 24.0 Å². The second-order valence-electron chi connectivity index (χ2n) is 18.6. The average Bonchev–Trinajstić information content (AvgIpc) is 3.30. The summed E-state index contributed by atoms with van der Waals surface area (Å²) in [4.78, 5) is 66.3. The molecule has 0 aliphatic heterocycles. The first kappa shape index (κ1) is 62.2. The number of nitrogens with one attached hydrogen (secondary N) is 5. The molecule has 0 saturated heterocycles. The summed E-state index contributed by atoms with van der Waals surface area (Å²) in [6.07, 6.45) is 34.9. The highest BCUT2D eigenvalue weighted by atomic mass is 16.2. The van der Waals surface area contributed by atoms with E-state index in [2.05, 4.69) is 40.4 Å². The molecule has 0 aromatic rings. The topological polar surface area (TPSA) is 250 Å². The highest BCUT2D eigenvalue weighted by Crippen LogP contribution is 2.17. The van der Waals surface area contributed by atoms with E-state index in [9.17, 15) is 24.0 Å². The normalized spacial score (nSPS) is 13.1. The summed E-state index contributed by atoms with van der Waals surface area (Å²) in [6.45, 7) is 6.85. The van der Waals surface area contributed by atoms with Gasteiger partial charge in [-0.3, -0.25) is 24.0 Å². The Bertz CT molecular complexity index is 1160. The van der Waals surface area contributed by atoms with Crippen molar-refractivity contribution >= 4 is 29.5 Å². The number of rotatable bonds is 48. The molecule has 1 unspecified atom stereocenters. The minimum Gasteiger partial charge on any atom is -0.355 e. The van der Waals surface area contributed by atoms with Gasteiger partial charge < -0.3 is 49.5 Å². The van der Waals surface area contributed by atoms with Crippen LogP contribution in [0.3, 0.4) is 0 Å². The number of hydrogen-bond acceptors (Lipinski definition) is 9. The fourth-order valence-electron chi connectivity index (χ4n) is 8.13. The van der Waals surface area contributed by atoms with Crippen LogP contribution in [0.5, 0.6) is 0 Å². The monoisotopic (exact) mass is 922 g/mol. The van der Waals surface area contributed by atoms with E-state index in [0.29, 0.717) is 71.1 Å². The predicted octanol–water partition coefficient (Wildman–Crippen LogP) is 7.43. The minimum absolute atomic E-state index is 0.147. The van der Waals surface area contributed by atoms with E-state index in [1.165, 1.54) is 109 Å². The lowest BCUT2D eigenvalue weighted by atomic mass is 9.97. The van der Waals surface area contributed by atoms with Crippen molar-refractivity contribution in [3.8, 4) is 0 Å². The van der Waals surface area contributed by atoms with Gasteiger partial charge in [0.05, 0.1) is 12.1 Å². The van der Waals surface area contributed by atoms with Gasteiger partial charge in [0.1, 0.15) is 12.0 Å². The summed E-state index contributed by atoms with van der Waals surface area (Å²) in [5.41, 5.74) is 23.2. The van der Waals surface area contributed by atoms with Gasteiger partial charge in [-0.15, -0.1) is 0 Å². The Hall–Kier alpha value is -2.81. The van der Waals surface area contributed by atoms with Gasteiger partial charge in [-0.05, 0) is 70.9 Å². The van der Waals surface area contributed by atoms with Crippen LogP contribution in [0.4, 0.5) is 0 Å². The molecule has 0 aliphatic carbocycles.